The Morgan fingerprint density at radius 1 is 1.11 bits per heavy atom. The van der Waals surface area contributed by atoms with Gasteiger partial charge in [-0.25, -0.2) is 0 Å². The number of ether oxygens (including phenoxy) is 3. The molecule has 1 saturated carbocycles. The highest BCUT2D eigenvalue weighted by Gasteiger charge is 2.72. The fraction of sp³-hybridized carbons (Fsp3) is 1.00. The van der Waals surface area contributed by atoms with Crippen molar-refractivity contribution in [2.75, 3.05) is 6.61 Å². The van der Waals surface area contributed by atoms with Gasteiger partial charge < -0.3 is 19.3 Å². The molecule has 0 radical (unpaired) electrons. The average molecular weight is 268 g/mol. The summed E-state index contributed by atoms with van der Waals surface area (Å²) in [6, 6.07) is 0. The van der Waals surface area contributed by atoms with Crippen molar-refractivity contribution in [1.82, 2.24) is 0 Å². The Labute approximate surface area is 114 Å². The molecule has 0 aromatic heterocycles. The number of aliphatic hydroxyl groups excluding tert-OH is 1. The van der Waals surface area contributed by atoms with Crippen molar-refractivity contribution in [3.05, 3.63) is 0 Å². The standard InChI is InChI=1S/C15H24O4/c1-8-4-5-10-9(2)7-17-13-15(10)11(8)6-12(16)14(3,18-13)19-15/h8-13,16H,4-7H2,1-3H3/t8-,9+,10+,11+,12-,13-,14-,15+/m1/s1. The van der Waals surface area contributed by atoms with Crippen LogP contribution in [0, 0.1) is 23.7 Å². The second-order valence-corrected chi connectivity index (χ2v) is 7.25. The van der Waals surface area contributed by atoms with Gasteiger partial charge in [-0.3, -0.25) is 0 Å². The van der Waals surface area contributed by atoms with Crippen LogP contribution in [0.15, 0.2) is 0 Å². The van der Waals surface area contributed by atoms with Gasteiger partial charge in [-0.2, -0.15) is 0 Å². The maximum atomic E-state index is 10.4. The first kappa shape index (κ1) is 12.6. The van der Waals surface area contributed by atoms with Gasteiger partial charge in [-0.05, 0) is 49.9 Å². The van der Waals surface area contributed by atoms with E-state index in [1.807, 2.05) is 6.92 Å². The van der Waals surface area contributed by atoms with Crippen molar-refractivity contribution >= 4 is 0 Å². The maximum absolute atomic E-state index is 10.4. The van der Waals surface area contributed by atoms with Crippen LogP contribution >= 0.6 is 0 Å². The molecule has 0 unspecified atom stereocenters. The molecule has 8 atom stereocenters. The summed E-state index contributed by atoms with van der Waals surface area (Å²) in [4.78, 5) is 0. The lowest BCUT2D eigenvalue weighted by atomic mass is 9.57. The number of fused-ring (bicyclic) bond motifs is 1. The quantitative estimate of drug-likeness (QED) is 0.729. The number of hydrogen-bond acceptors (Lipinski definition) is 4. The van der Waals surface area contributed by atoms with Crippen molar-refractivity contribution in [3.63, 3.8) is 0 Å². The number of hydrogen-bond donors (Lipinski definition) is 1. The van der Waals surface area contributed by atoms with E-state index in [-0.39, 0.29) is 11.9 Å². The van der Waals surface area contributed by atoms with Gasteiger partial charge in [0, 0.05) is 0 Å². The van der Waals surface area contributed by atoms with Crippen LogP contribution in [-0.2, 0) is 14.2 Å². The minimum atomic E-state index is -0.874. The first-order chi connectivity index (χ1) is 8.97. The average Bonchev–Trinajstić information content (AvgIpc) is 2.62. The van der Waals surface area contributed by atoms with Crippen LogP contribution in [0.1, 0.15) is 40.0 Å². The number of rotatable bonds is 0. The van der Waals surface area contributed by atoms with Gasteiger partial charge in [-0.1, -0.05) is 13.8 Å². The fourth-order valence-electron chi connectivity index (χ4n) is 5.08. The Hall–Kier alpha value is -0.160. The first-order valence-electron chi connectivity index (χ1n) is 7.65. The summed E-state index contributed by atoms with van der Waals surface area (Å²) in [6.45, 7) is 7.15. The van der Waals surface area contributed by atoms with Crippen molar-refractivity contribution in [1.29, 1.82) is 0 Å². The van der Waals surface area contributed by atoms with E-state index in [0.29, 0.717) is 23.7 Å². The molecule has 4 nitrogen and oxygen atoms in total. The normalized spacial score (nSPS) is 63.8. The van der Waals surface area contributed by atoms with Gasteiger partial charge in [0.2, 0.25) is 0 Å². The third-order valence-corrected chi connectivity index (χ3v) is 6.15. The summed E-state index contributed by atoms with van der Waals surface area (Å²) < 4.78 is 18.4. The summed E-state index contributed by atoms with van der Waals surface area (Å²) in [7, 11) is 0. The lowest BCUT2D eigenvalue weighted by Crippen LogP contribution is -2.66. The highest BCUT2D eigenvalue weighted by atomic mass is 16.8. The third kappa shape index (κ3) is 1.39. The van der Waals surface area contributed by atoms with Crippen LogP contribution in [0.5, 0.6) is 0 Å². The smallest absolute Gasteiger partial charge is 0.195 e. The molecule has 1 spiro atoms. The second kappa shape index (κ2) is 3.73. The summed E-state index contributed by atoms with van der Waals surface area (Å²) in [5.74, 6) is 1.05. The zero-order valence-electron chi connectivity index (χ0n) is 12.0. The lowest BCUT2D eigenvalue weighted by Gasteiger charge is -2.57. The van der Waals surface area contributed by atoms with E-state index in [9.17, 15) is 5.11 Å². The van der Waals surface area contributed by atoms with E-state index < -0.39 is 11.9 Å². The summed E-state index contributed by atoms with van der Waals surface area (Å²) >= 11 is 0. The molecule has 4 aliphatic rings. The van der Waals surface area contributed by atoms with Crippen LogP contribution in [0.25, 0.3) is 0 Å². The zero-order valence-corrected chi connectivity index (χ0v) is 12.0. The molecule has 0 aromatic carbocycles. The molecule has 19 heavy (non-hydrogen) atoms. The maximum Gasteiger partial charge on any atom is 0.195 e. The van der Waals surface area contributed by atoms with E-state index in [2.05, 4.69) is 13.8 Å². The van der Waals surface area contributed by atoms with Crippen molar-refractivity contribution in [2.24, 2.45) is 23.7 Å². The van der Waals surface area contributed by atoms with Gasteiger partial charge in [-0.15, -0.1) is 0 Å². The van der Waals surface area contributed by atoms with E-state index in [4.69, 9.17) is 14.2 Å². The molecule has 4 fully saturated rings. The number of aliphatic hydroxyl groups is 1. The molecule has 3 aliphatic heterocycles. The molecular weight excluding hydrogens is 244 g/mol. The minimum Gasteiger partial charge on any atom is -0.388 e. The Kier molecular flexibility index (Phi) is 2.47. The van der Waals surface area contributed by atoms with E-state index in [0.717, 1.165) is 13.0 Å². The monoisotopic (exact) mass is 268 g/mol. The Bertz CT molecular complexity index is 400. The van der Waals surface area contributed by atoms with Crippen LogP contribution < -0.4 is 0 Å². The molecule has 3 heterocycles. The van der Waals surface area contributed by atoms with Crippen LogP contribution in [0.3, 0.4) is 0 Å². The SMILES string of the molecule is C[C@@H]1CC[C@H]2[C@@H](C)CO[C@@H]3O[C@]4(C)O[C@@]32[C@H]1C[C@H]4O. The van der Waals surface area contributed by atoms with E-state index in [1.54, 1.807) is 0 Å². The first-order valence-corrected chi connectivity index (χ1v) is 7.65. The van der Waals surface area contributed by atoms with Gasteiger partial charge >= 0.3 is 0 Å². The molecule has 1 N–H and O–H groups in total. The van der Waals surface area contributed by atoms with Crippen LogP contribution in [0.2, 0.25) is 0 Å². The predicted octanol–water partition coefficient (Wildman–Crippen LogP) is 1.91. The summed E-state index contributed by atoms with van der Waals surface area (Å²) in [6.07, 6.45) is 2.35. The Morgan fingerprint density at radius 2 is 1.89 bits per heavy atom. The lowest BCUT2D eigenvalue weighted by molar-refractivity contribution is -0.297. The van der Waals surface area contributed by atoms with Crippen molar-refractivity contribution in [2.45, 2.75) is 63.8 Å². The molecule has 4 heteroatoms. The molecular formula is C15H24O4. The van der Waals surface area contributed by atoms with Gasteiger partial charge in [0.25, 0.3) is 0 Å². The van der Waals surface area contributed by atoms with Gasteiger partial charge in [0.1, 0.15) is 11.7 Å². The second-order valence-electron chi connectivity index (χ2n) is 7.25. The van der Waals surface area contributed by atoms with Crippen LogP contribution in [0.4, 0.5) is 0 Å². The highest BCUT2D eigenvalue weighted by Crippen LogP contribution is 2.62. The van der Waals surface area contributed by atoms with E-state index >= 15 is 0 Å². The Balaban J connectivity index is 1.82. The fourth-order valence-corrected chi connectivity index (χ4v) is 5.08. The predicted molar refractivity (Wildman–Crippen MR) is 68.2 cm³/mol. The van der Waals surface area contributed by atoms with Gasteiger partial charge in [0.15, 0.2) is 12.1 Å². The molecule has 2 bridgehead atoms. The summed E-state index contributed by atoms with van der Waals surface area (Å²) in [5.41, 5.74) is -0.316. The molecule has 1 aliphatic carbocycles. The molecule has 4 rings (SSSR count). The van der Waals surface area contributed by atoms with Gasteiger partial charge in [0.05, 0.1) is 6.61 Å². The van der Waals surface area contributed by atoms with Crippen molar-refractivity contribution in [3.8, 4) is 0 Å². The Morgan fingerprint density at radius 3 is 2.68 bits per heavy atom. The zero-order chi connectivity index (χ0) is 13.4. The molecule has 3 saturated heterocycles. The van der Waals surface area contributed by atoms with Crippen molar-refractivity contribution < 1.29 is 19.3 Å². The molecule has 108 valence electrons. The minimum absolute atomic E-state index is 0.288. The molecule has 0 aromatic rings. The van der Waals surface area contributed by atoms with Crippen LogP contribution in [-0.4, -0.2) is 35.5 Å². The molecule has 0 amide bonds. The highest BCUT2D eigenvalue weighted by molar-refractivity contribution is 5.13. The van der Waals surface area contributed by atoms with E-state index in [1.165, 1.54) is 12.8 Å². The largest absolute Gasteiger partial charge is 0.388 e. The third-order valence-electron chi connectivity index (χ3n) is 6.15. The summed E-state index contributed by atoms with van der Waals surface area (Å²) in [5, 5.41) is 10.4. The topological polar surface area (TPSA) is 47.9 Å².